The molecule has 3 rings (SSSR count). The molecule has 1 atom stereocenters. The molecule has 1 aromatic carbocycles. The van der Waals surface area contributed by atoms with Gasteiger partial charge in [-0.05, 0) is 63.2 Å². The second-order valence-corrected chi connectivity index (χ2v) is 7.08. The van der Waals surface area contributed by atoms with E-state index in [1.165, 1.54) is 18.4 Å². The molecule has 2 saturated heterocycles. The van der Waals surface area contributed by atoms with Gasteiger partial charge >= 0.3 is 0 Å². The molecule has 0 radical (unpaired) electrons. The van der Waals surface area contributed by atoms with E-state index in [0.717, 1.165) is 18.7 Å². The van der Waals surface area contributed by atoms with E-state index in [-0.39, 0.29) is 17.7 Å². The van der Waals surface area contributed by atoms with Crippen LogP contribution in [0.1, 0.15) is 62.5 Å². The number of carbonyl (C=O) groups is 2. The summed E-state index contributed by atoms with van der Waals surface area (Å²) in [6.07, 6.45) is 3.42. The van der Waals surface area contributed by atoms with E-state index in [1.807, 2.05) is 6.07 Å². The minimum atomic E-state index is -0.177. The largest absolute Gasteiger partial charge is 0.301 e. The molecule has 4 heteroatoms. The van der Waals surface area contributed by atoms with E-state index < -0.39 is 0 Å². The summed E-state index contributed by atoms with van der Waals surface area (Å²) in [5.41, 5.74) is 2.40. The summed E-state index contributed by atoms with van der Waals surface area (Å²) in [6.45, 7) is 6.80. The van der Waals surface area contributed by atoms with Crippen molar-refractivity contribution in [1.29, 1.82) is 0 Å². The molecule has 2 aliphatic rings. The van der Waals surface area contributed by atoms with Crippen LogP contribution < -0.4 is 5.32 Å². The van der Waals surface area contributed by atoms with Crippen LogP contribution in [0.4, 0.5) is 0 Å². The number of hydrogen-bond acceptors (Lipinski definition) is 3. The van der Waals surface area contributed by atoms with Gasteiger partial charge in [-0.25, -0.2) is 0 Å². The highest BCUT2D eigenvalue weighted by atomic mass is 16.2. The molecule has 0 aromatic heterocycles. The number of hydrogen-bond donors (Lipinski definition) is 1. The Morgan fingerprint density at radius 1 is 1.09 bits per heavy atom. The fourth-order valence-corrected chi connectivity index (χ4v) is 3.79. The summed E-state index contributed by atoms with van der Waals surface area (Å²) >= 11 is 0. The third-order valence-corrected chi connectivity index (χ3v) is 5.28. The molecule has 0 spiro atoms. The Balaban J connectivity index is 1.71. The van der Waals surface area contributed by atoms with Crippen LogP contribution in [0, 0.1) is 0 Å². The average molecular weight is 314 g/mol. The summed E-state index contributed by atoms with van der Waals surface area (Å²) in [7, 11) is 0. The first-order chi connectivity index (χ1) is 11.0. The number of nitrogens with one attached hydrogen (secondary N) is 1. The number of likely N-dealkylation sites (tertiary alicyclic amines) is 1. The topological polar surface area (TPSA) is 49.4 Å². The van der Waals surface area contributed by atoms with Crippen LogP contribution in [0.3, 0.4) is 0 Å². The zero-order valence-corrected chi connectivity index (χ0v) is 14.0. The standard InChI is InChI=1S/C19H26N2O2/c1-13(2)21-10-8-14(9-11-21)15-4-3-5-16(12-15)17-6-7-18(22)20-19(17)23/h3-5,12-14,17H,6-11H2,1-2H3,(H,20,22,23). The zero-order valence-electron chi connectivity index (χ0n) is 14.0. The number of carbonyl (C=O) groups excluding carboxylic acids is 2. The molecule has 1 unspecified atom stereocenters. The maximum atomic E-state index is 12.1. The van der Waals surface area contributed by atoms with E-state index in [1.54, 1.807) is 0 Å². The van der Waals surface area contributed by atoms with Gasteiger partial charge in [-0.1, -0.05) is 24.3 Å². The first-order valence-electron chi connectivity index (χ1n) is 8.72. The van der Waals surface area contributed by atoms with Crippen LogP contribution >= 0.6 is 0 Å². The number of piperidine rings is 2. The first kappa shape index (κ1) is 16.2. The van der Waals surface area contributed by atoms with E-state index in [0.29, 0.717) is 24.8 Å². The Labute approximate surface area is 138 Å². The maximum Gasteiger partial charge on any atom is 0.234 e. The highest BCUT2D eigenvalue weighted by Crippen LogP contribution is 2.32. The molecular formula is C19H26N2O2. The third kappa shape index (κ3) is 3.63. The highest BCUT2D eigenvalue weighted by Gasteiger charge is 2.29. The number of benzene rings is 1. The first-order valence-corrected chi connectivity index (χ1v) is 8.72. The van der Waals surface area contributed by atoms with Crippen LogP contribution in [0.2, 0.25) is 0 Å². The van der Waals surface area contributed by atoms with Gasteiger partial charge in [0.15, 0.2) is 0 Å². The lowest BCUT2D eigenvalue weighted by molar-refractivity contribution is -0.134. The van der Waals surface area contributed by atoms with Gasteiger partial charge in [-0.2, -0.15) is 0 Å². The Bertz CT molecular complexity index is 589. The SMILES string of the molecule is CC(C)N1CCC(c2cccc(C3CCC(=O)NC3=O)c2)CC1. The molecule has 2 aliphatic heterocycles. The van der Waals surface area contributed by atoms with Crippen molar-refractivity contribution in [3.8, 4) is 0 Å². The van der Waals surface area contributed by atoms with Gasteiger partial charge in [0.1, 0.15) is 0 Å². The van der Waals surface area contributed by atoms with Gasteiger partial charge in [-0.3, -0.25) is 14.9 Å². The molecule has 4 nitrogen and oxygen atoms in total. The van der Waals surface area contributed by atoms with Gasteiger partial charge in [0.25, 0.3) is 0 Å². The van der Waals surface area contributed by atoms with Gasteiger partial charge in [0.05, 0.1) is 5.92 Å². The zero-order chi connectivity index (χ0) is 16.4. The minimum Gasteiger partial charge on any atom is -0.301 e. The molecule has 2 heterocycles. The Kier molecular flexibility index (Phi) is 4.81. The Morgan fingerprint density at radius 2 is 1.78 bits per heavy atom. The van der Waals surface area contributed by atoms with Crippen LogP contribution in [0.5, 0.6) is 0 Å². The molecular weight excluding hydrogens is 288 g/mol. The van der Waals surface area contributed by atoms with Gasteiger partial charge < -0.3 is 4.90 Å². The number of nitrogens with zero attached hydrogens (tertiary/aromatic N) is 1. The van der Waals surface area contributed by atoms with Crippen LogP contribution in [0.15, 0.2) is 24.3 Å². The predicted octanol–water partition coefficient (Wildman–Crippen LogP) is 2.79. The minimum absolute atomic E-state index is 0.145. The lowest BCUT2D eigenvalue weighted by Gasteiger charge is -2.35. The Hall–Kier alpha value is -1.68. The van der Waals surface area contributed by atoms with Gasteiger partial charge in [0, 0.05) is 12.5 Å². The molecule has 1 aromatic rings. The smallest absolute Gasteiger partial charge is 0.234 e. The third-order valence-electron chi connectivity index (χ3n) is 5.28. The van der Waals surface area contributed by atoms with Gasteiger partial charge in [-0.15, -0.1) is 0 Å². The second-order valence-electron chi connectivity index (χ2n) is 7.08. The van der Waals surface area contributed by atoms with Crippen LogP contribution in [-0.2, 0) is 9.59 Å². The van der Waals surface area contributed by atoms with E-state index >= 15 is 0 Å². The van der Waals surface area contributed by atoms with E-state index in [2.05, 4.69) is 42.3 Å². The van der Waals surface area contributed by atoms with Crippen molar-refractivity contribution < 1.29 is 9.59 Å². The molecule has 0 bridgehead atoms. The molecule has 23 heavy (non-hydrogen) atoms. The van der Waals surface area contributed by atoms with Crippen molar-refractivity contribution in [2.75, 3.05) is 13.1 Å². The van der Waals surface area contributed by atoms with Crippen LogP contribution in [-0.4, -0.2) is 35.8 Å². The fourth-order valence-electron chi connectivity index (χ4n) is 3.79. The number of rotatable bonds is 3. The molecule has 124 valence electrons. The average Bonchev–Trinajstić information content (AvgIpc) is 2.55. The summed E-state index contributed by atoms with van der Waals surface area (Å²) in [4.78, 5) is 25.9. The van der Waals surface area contributed by atoms with Gasteiger partial charge in [0.2, 0.25) is 11.8 Å². The van der Waals surface area contributed by atoms with Crippen molar-refractivity contribution in [3.05, 3.63) is 35.4 Å². The fraction of sp³-hybridized carbons (Fsp3) is 0.579. The lowest BCUT2D eigenvalue weighted by Crippen LogP contribution is -2.39. The number of amides is 2. The molecule has 1 N–H and O–H groups in total. The highest BCUT2D eigenvalue weighted by molar-refractivity contribution is 6.00. The quantitative estimate of drug-likeness (QED) is 0.873. The molecule has 2 amide bonds. The normalized spacial score (nSPS) is 24.0. The molecule has 0 aliphatic carbocycles. The lowest BCUT2D eigenvalue weighted by atomic mass is 9.84. The molecule has 0 saturated carbocycles. The molecule has 2 fully saturated rings. The predicted molar refractivity (Wildman–Crippen MR) is 90.3 cm³/mol. The summed E-state index contributed by atoms with van der Waals surface area (Å²) in [5, 5.41) is 2.46. The van der Waals surface area contributed by atoms with Crippen molar-refractivity contribution >= 4 is 11.8 Å². The van der Waals surface area contributed by atoms with Crippen molar-refractivity contribution in [2.45, 2.75) is 57.4 Å². The van der Waals surface area contributed by atoms with Crippen molar-refractivity contribution in [2.24, 2.45) is 0 Å². The summed E-state index contributed by atoms with van der Waals surface area (Å²) in [6, 6.07) is 9.07. The summed E-state index contributed by atoms with van der Waals surface area (Å²) < 4.78 is 0. The maximum absolute atomic E-state index is 12.1. The number of imide groups is 1. The van der Waals surface area contributed by atoms with E-state index in [9.17, 15) is 9.59 Å². The van der Waals surface area contributed by atoms with E-state index in [4.69, 9.17) is 0 Å². The Morgan fingerprint density at radius 3 is 2.43 bits per heavy atom. The second kappa shape index (κ2) is 6.83. The van der Waals surface area contributed by atoms with Crippen molar-refractivity contribution in [3.63, 3.8) is 0 Å². The summed E-state index contributed by atoms with van der Waals surface area (Å²) in [5.74, 6) is 0.109. The van der Waals surface area contributed by atoms with Crippen LogP contribution in [0.25, 0.3) is 0 Å². The van der Waals surface area contributed by atoms with Crippen molar-refractivity contribution in [1.82, 2.24) is 10.2 Å². The monoisotopic (exact) mass is 314 g/mol.